The van der Waals surface area contributed by atoms with Crippen LogP contribution in [0.4, 0.5) is 0 Å². The van der Waals surface area contributed by atoms with Crippen LogP contribution in [0.3, 0.4) is 0 Å². The highest BCUT2D eigenvalue weighted by molar-refractivity contribution is 5.12. The van der Waals surface area contributed by atoms with Crippen LogP contribution >= 0.6 is 0 Å². The molecule has 0 aromatic heterocycles. The Hall–Kier alpha value is -0.480. The van der Waals surface area contributed by atoms with Crippen molar-refractivity contribution in [3.63, 3.8) is 0 Å². The van der Waals surface area contributed by atoms with E-state index in [9.17, 15) is 5.11 Å². The van der Waals surface area contributed by atoms with Crippen molar-refractivity contribution in [3.8, 4) is 12.3 Å². The Bertz CT molecular complexity index is 214. The van der Waals surface area contributed by atoms with Crippen LogP contribution in [0.2, 0.25) is 0 Å². The van der Waals surface area contributed by atoms with Gasteiger partial charge in [0.15, 0.2) is 0 Å². The van der Waals surface area contributed by atoms with Gasteiger partial charge in [-0.05, 0) is 31.1 Å². The first-order chi connectivity index (χ1) is 5.99. The lowest BCUT2D eigenvalue weighted by atomic mass is 9.67. The third kappa shape index (κ3) is 2.06. The fourth-order valence-electron chi connectivity index (χ4n) is 2.40. The lowest BCUT2D eigenvalue weighted by Crippen LogP contribution is -2.43. The Morgan fingerprint density at radius 1 is 1.54 bits per heavy atom. The van der Waals surface area contributed by atoms with Gasteiger partial charge in [-0.1, -0.05) is 26.7 Å². The molecule has 1 rings (SSSR count). The molecule has 0 bridgehead atoms. The lowest BCUT2D eigenvalue weighted by molar-refractivity contribution is -0.0300. The standard InChI is InChI=1S/C12H20O/c1-5-12(13)7-6-10(4)8-11(12)9(2)3/h1,9-11,13H,6-8H2,2-4H3. The highest BCUT2D eigenvalue weighted by Gasteiger charge is 2.40. The first kappa shape index (κ1) is 10.6. The summed E-state index contributed by atoms with van der Waals surface area (Å²) in [5.41, 5.74) is -0.833. The van der Waals surface area contributed by atoms with Crippen molar-refractivity contribution in [3.05, 3.63) is 0 Å². The number of hydrogen-bond acceptors (Lipinski definition) is 1. The Balaban J connectivity index is 2.79. The normalized spacial score (nSPS) is 40.3. The Morgan fingerprint density at radius 3 is 2.62 bits per heavy atom. The molecule has 1 fully saturated rings. The molecule has 1 N–H and O–H groups in total. The summed E-state index contributed by atoms with van der Waals surface area (Å²) in [4.78, 5) is 0. The minimum atomic E-state index is -0.833. The molecular weight excluding hydrogens is 160 g/mol. The summed E-state index contributed by atoms with van der Waals surface area (Å²) in [5.74, 6) is 4.05. The third-order valence-electron chi connectivity index (χ3n) is 3.34. The molecule has 0 radical (unpaired) electrons. The average molecular weight is 180 g/mol. The summed E-state index contributed by atoms with van der Waals surface area (Å²) in [6.45, 7) is 6.53. The van der Waals surface area contributed by atoms with Crippen molar-refractivity contribution in [2.24, 2.45) is 17.8 Å². The monoisotopic (exact) mass is 180 g/mol. The van der Waals surface area contributed by atoms with Crippen LogP contribution in [0.25, 0.3) is 0 Å². The lowest BCUT2D eigenvalue weighted by Gasteiger charge is -2.41. The van der Waals surface area contributed by atoms with Gasteiger partial charge in [0.2, 0.25) is 0 Å². The molecule has 1 heteroatoms. The van der Waals surface area contributed by atoms with E-state index in [0.29, 0.717) is 11.8 Å². The summed E-state index contributed by atoms with van der Waals surface area (Å²) >= 11 is 0. The van der Waals surface area contributed by atoms with Gasteiger partial charge in [0.05, 0.1) is 0 Å². The molecule has 13 heavy (non-hydrogen) atoms. The molecule has 0 amide bonds. The fourth-order valence-corrected chi connectivity index (χ4v) is 2.40. The molecule has 0 saturated heterocycles. The van der Waals surface area contributed by atoms with Crippen LogP contribution in [0.15, 0.2) is 0 Å². The van der Waals surface area contributed by atoms with E-state index in [0.717, 1.165) is 19.3 Å². The van der Waals surface area contributed by atoms with Crippen molar-refractivity contribution in [2.75, 3.05) is 0 Å². The summed E-state index contributed by atoms with van der Waals surface area (Å²) < 4.78 is 0. The maximum atomic E-state index is 10.2. The van der Waals surface area contributed by atoms with Crippen LogP contribution in [0.5, 0.6) is 0 Å². The van der Waals surface area contributed by atoms with Crippen molar-refractivity contribution in [1.29, 1.82) is 0 Å². The molecule has 1 aliphatic rings. The van der Waals surface area contributed by atoms with Crippen LogP contribution in [0.1, 0.15) is 40.0 Å². The second kappa shape index (κ2) is 3.72. The fraction of sp³-hybridized carbons (Fsp3) is 0.833. The molecule has 1 saturated carbocycles. The van der Waals surface area contributed by atoms with E-state index >= 15 is 0 Å². The van der Waals surface area contributed by atoms with Gasteiger partial charge in [-0.25, -0.2) is 0 Å². The van der Waals surface area contributed by atoms with Gasteiger partial charge in [0.25, 0.3) is 0 Å². The van der Waals surface area contributed by atoms with E-state index < -0.39 is 5.60 Å². The van der Waals surface area contributed by atoms with Crippen LogP contribution in [-0.4, -0.2) is 10.7 Å². The first-order valence-corrected chi connectivity index (χ1v) is 5.19. The number of terminal acetylenes is 1. The summed E-state index contributed by atoms with van der Waals surface area (Å²) in [6, 6.07) is 0. The molecule has 3 atom stereocenters. The van der Waals surface area contributed by atoms with Gasteiger partial charge in [-0.3, -0.25) is 0 Å². The molecule has 74 valence electrons. The summed E-state index contributed by atoms with van der Waals surface area (Å²) in [7, 11) is 0. The Morgan fingerprint density at radius 2 is 2.15 bits per heavy atom. The van der Waals surface area contributed by atoms with E-state index in [2.05, 4.69) is 26.7 Å². The second-order valence-electron chi connectivity index (χ2n) is 4.80. The highest BCUT2D eigenvalue weighted by Crippen LogP contribution is 2.40. The molecular formula is C12H20O. The van der Waals surface area contributed by atoms with E-state index in [4.69, 9.17) is 6.42 Å². The Labute approximate surface area is 81.5 Å². The molecule has 0 aliphatic heterocycles. The van der Waals surface area contributed by atoms with E-state index in [-0.39, 0.29) is 5.92 Å². The molecule has 1 nitrogen and oxygen atoms in total. The van der Waals surface area contributed by atoms with E-state index in [1.807, 2.05) is 0 Å². The van der Waals surface area contributed by atoms with E-state index in [1.165, 1.54) is 0 Å². The van der Waals surface area contributed by atoms with Crippen LogP contribution in [0, 0.1) is 30.1 Å². The second-order valence-corrected chi connectivity index (χ2v) is 4.80. The molecule has 3 unspecified atom stereocenters. The largest absolute Gasteiger partial charge is 0.377 e. The van der Waals surface area contributed by atoms with Gasteiger partial charge in [0.1, 0.15) is 5.60 Å². The molecule has 1 aliphatic carbocycles. The van der Waals surface area contributed by atoms with Crippen molar-refractivity contribution < 1.29 is 5.11 Å². The van der Waals surface area contributed by atoms with Gasteiger partial charge in [-0.15, -0.1) is 6.42 Å². The smallest absolute Gasteiger partial charge is 0.128 e. The minimum Gasteiger partial charge on any atom is -0.377 e. The SMILES string of the molecule is C#CC1(O)CCC(C)CC1C(C)C. The molecule has 0 heterocycles. The van der Waals surface area contributed by atoms with Crippen molar-refractivity contribution in [1.82, 2.24) is 0 Å². The average Bonchev–Trinajstić information content (AvgIpc) is 2.09. The predicted octanol–water partition coefficient (Wildman–Crippen LogP) is 2.44. The minimum absolute atomic E-state index is 0.279. The van der Waals surface area contributed by atoms with Gasteiger partial charge in [0, 0.05) is 5.92 Å². The van der Waals surface area contributed by atoms with Gasteiger partial charge in [-0.2, -0.15) is 0 Å². The first-order valence-electron chi connectivity index (χ1n) is 5.19. The maximum absolute atomic E-state index is 10.2. The summed E-state index contributed by atoms with van der Waals surface area (Å²) in [6.07, 6.45) is 8.31. The number of hydrogen-bond donors (Lipinski definition) is 1. The maximum Gasteiger partial charge on any atom is 0.128 e. The quantitative estimate of drug-likeness (QED) is 0.614. The van der Waals surface area contributed by atoms with Crippen LogP contribution in [-0.2, 0) is 0 Å². The number of rotatable bonds is 1. The Kier molecular flexibility index (Phi) is 3.03. The van der Waals surface area contributed by atoms with Crippen LogP contribution < -0.4 is 0 Å². The van der Waals surface area contributed by atoms with Gasteiger partial charge < -0.3 is 5.11 Å². The third-order valence-corrected chi connectivity index (χ3v) is 3.34. The molecule has 0 aromatic carbocycles. The van der Waals surface area contributed by atoms with Gasteiger partial charge >= 0.3 is 0 Å². The number of aliphatic hydroxyl groups is 1. The zero-order chi connectivity index (χ0) is 10.1. The highest BCUT2D eigenvalue weighted by atomic mass is 16.3. The van der Waals surface area contributed by atoms with Crippen molar-refractivity contribution >= 4 is 0 Å². The van der Waals surface area contributed by atoms with E-state index in [1.54, 1.807) is 0 Å². The zero-order valence-corrected chi connectivity index (χ0v) is 8.88. The predicted molar refractivity (Wildman–Crippen MR) is 55.1 cm³/mol. The molecule has 0 aromatic rings. The van der Waals surface area contributed by atoms with Crippen molar-refractivity contribution in [2.45, 2.75) is 45.6 Å². The topological polar surface area (TPSA) is 20.2 Å². The molecule has 0 spiro atoms. The zero-order valence-electron chi connectivity index (χ0n) is 8.88. The summed E-state index contributed by atoms with van der Waals surface area (Å²) in [5, 5.41) is 10.2.